The average Bonchev–Trinajstić information content (AvgIpc) is 3.11. The van der Waals surface area contributed by atoms with Gasteiger partial charge in [-0.2, -0.15) is 0 Å². The third-order valence-electron chi connectivity index (χ3n) is 5.41. The van der Waals surface area contributed by atoms with Gasteiger partial charge in [0.15, 0.2) is 5.78 Å². The van der Waals surface area contributed by atoms with E-state index in [1.165, 1.54) is 0 Å². The minimum atomic E-state index is -0.839. The molecule has 2 heterocycles. The summed E-state index contributed by atoms with van der Waals surface area (Å²) in [6.45, 7) is 0. The number of ether oxygens (including phenoxy) is 1. The smallest absolute Gasteiger partial charge is 0.303 e. The summed E-state index contributed by atoms with van der Waals surface area (Å²) >= 11 is 0. The number of carbonyl (C=O) groups is 2. The highest BCUT2D eigenvalue weighted by molar-refractivity contribution is 6.07. The van der Waals surface area contributed by atoms with Gasteiger partial charge in [0.2, 0.25) is 0 Å². The Morgan fingerprint density at radius 2 is 2.07 bits per heavy atom. The van der Waals surface area contributed by atoms with Crippen molar-refractivity contribution in [2.75, 3.05) is 12.4 Å². The zero-order valence-electron chi connectivity index (χ0n) is 16.6. The van der Waals surface area contributed by atoms with Gasteiger partial charge in [-0.1, -0.05) is 18.2 Å². The summed E-state index contributed by atoms with van der Waals surface area (Å²) in [5.74, 6) is -0.215. The number of fused-ring (bicyclic) bond motifs is 1. The van der Waals surface area contributed by atoms with Crippen LogP contribution in [-0.4, -0.2) is 33.9 Å². The molecule has 3 aromatic rings. The lowest BCUT2D eigenvalue weighted by Crippen LogP contribution is -2.21. The number of carboxylic acids is 1. The number of nitrogens with one attached hydrogen (secondary N) is 2. The van der Waals surface area contributed by atoms with Gasteiger partial charge in [-0.25, -0.2) is 0 Å². The Morgan fingerprint density at radius 1 is 1.27 bits per heavy atom. The van der Waals surface area contributed by atoms with Crippen molar-refractivity contribution in [2.24, 2.45) is 5.92 Å². The van der Waals surface area contributed by atoms with Crippen LogP contribution in [0.4, 0.5) is 11.4 Å². The molecule has 154 valence electrons. The molecule has 0 bridgehead atoms. The van der Waals surface area contributed by atoms with Crippen LogP contribution < -0.4 is 10.1 Å². The summed E-state index contributed by atoms with van der Waals surface area (Å²) in [5, 5.41) is 12.4. The predicted octanol–water partition coefficient (Wildman–Crippen LogP) is 4.44. The number of H-pyrrole nitrogens is 1. The van der Waals surface area contributed by atoms with Crippen LogP contribution >= 0.6 is 0 Å². The number of ketones is 1. The van der Waals surface area contributed by atoms with E-state index in [-0.39, 0.29) is 18.1 Å². The number of aromatic nitrogens is 2. The molecule has 3 N–H and O–H groups in total. The Hall–Kier alpha value is -3.61. The zero-order valence-corrected chi connectivity index (χ0v) is 16.6. The SMILES string of the molecule is COc1cnccc1-c1[nH]c2c(c1Nc1ccccc1)C(=O)CC(CCC(=O)O)C2. The first kappa shape index (κ1) is 19.7. The molecule has 30 heavy (non-hydrogen) atoms. The Morgan fingerprint density at radius 3 is 2.80 bits per heavy atom. The summed E-state index contributed by atoms with van der Waals surface area (Å²) in [4.78, 5) is 31.6. The number of carbonyl (C=O) groups excluding carboxylic acids is 1. The second-order valence-electron chi connectivity index (χ2n) is 7.43. The zero-order chi connectivity index (χ0) is 21.1. The van der Waals surface area contributed by atoms with E-state index >= 15 is 0 Å². The lowest BCUT2D eigenvalue weighted by molar-refractivity contribution is -0.137. The number of Topliss-reactive ketones (excluding diaryl/α,β-unsaturated/α-hetero) is 1. The number of benzene rings is 1. The Labute approximate surface area is 174 Å². The number of carboxylic acid groups (broad SMARTS) is 1. The summed E-state index contributed by atoms with van der Waals surface area (Å²) in [6, 6.07) is 11.5. The van der Waals surface area contributed by atoms with E-state index in [9.17, 15) is 9.59 Å². The number of aromatic amines is 1. The van der Waals surface area contributed by atoms with Crippen molar-refractivity contribution in [3.63, 3.8) is 0 Å². The van der Waals surface area contributed by atoms with Crippen LogP contribution in [0.25, 0.3) is 11.3 Å². The minimum absolute atomic E-state index is 0.0107. The number of anilines is 2. The van der Waals surface area contributed by atoms with E-state index in [1.54, 1.807) is 19.5 Å². The van der Waals surface area contributed by atoms with Crippen LogP contribution in [0.1, 0.15) is 35.3 Å². The molecule has 1 aliphatic rings. The average molecular weight is 405 g/mol. The highest BCUT2D eigenvalue weighted by atomic mass is 16.5. The Bertz CT molecular complexity index is 1080. The quantitative estimate of drug-likeness (QED) is 0.537. The maximum Gasteiger partial charge on any atom is 0.303 e. The molecule has 1 atom stereocenters. The van der Waals surface area contributed by atoms with Crippen molar-refractivity contribution in [1.82, 2.24) is 9.97 Å². The van der Waals surface area contributed by atoms with Gasteiger partial charge in [-0.05, 0) is 37.0 Å². The van der Waals surface area contributed by atoms with Gasteiger partial charge in [0.05, 0.1) is 30.3 Å². The maximum absolute atomic E-state index is 13.1. The Kier molecular flexibility index (Phi) is 5.52. The fourth-order valence-electron chi connectivity index (χ4n) is 4.01. The van der Waals surface area contributed by atoms with Crippen molar-refractivity contribution in [2.45, 2.75) is 25.7 Å². The van der Waals surface area contributed by atoms with Gasteiger partial charge in [-0.15, -0.1) is 0 Å². The van der Waals surface area contributed by atoms with Gasteiger partial charge in [0, 0.05) is 36.0 Å². The lowest BCUT2D eigenvalue weighted by Gasteiger charge is -2.21. The van der Waals surface area contributed by atoms with Gasteiger partial charge in [-0.3, -0.25) is 14.6 Å². The van der Waals surface area contributed by atoms with Crippen molar-refractivity contribution < 1.29 is 19.4 Å². The summed E-state index contributed by atoms with van der Waals surface area (Å²) < 4.78 is 5.49. The molecule has 1 unspecified atom stereocenters. The monoisotopic (exact) mass is 405 g/mol. The number of rotatable bonds is 7. The molecular formula is C23H23N3O4. The van der Waals surface area contributed by atoms with Crippen molar-refractivity contribution in [3.05, 3.63) is 60.0 Å². The van der Waals surface area contributed by atoms with Crippen LogP contribution in [0.2, 0.25) is 0 Å². The summed E-state index contributed by atoms with van der Waals surface area (Å²) in [6.07, 6.45) is 4.84. The minimum Gasteiger partial charge on any atom is -0.494 e. The molecule has 0 aliphatic heterocycles. The molecule has 0 saturated heterocycles. The number of nitrogens with zero attached hydrogens (tertiary/aromatic N) is 1. The van der Waals surface area contributed by atoms with E-state index in [0.29, 0.717) is 36.3 Å². The van der Waals surface area contributed by atoms with Crippen molar-refractivity contribution >= 4 is 23.1 Å². The topological polar surface area (TPSA) is 104 Å². The van der Waals surface area contributed by atoms with E-state index in [1.807, 2.05) is 36.4 Å². The van der Waals surface area contributed by atoms with Crippen LogP contribution in [-0.2, 0) is 11.2 Å². The number of para-hydroxylation sites is 1. The first-order valence-corrected chi connectivity index (χ1v) is 9.87. The molecule has 0 amide bonds. The molecule has 2 aromatic heterocycles. The maximum atomic E-state index is 13.1. The second kappa shape index (κ2) is 8.41. The van der Waals surface area contributed by atoms with Crippen LogP contribution in [0.15, 0.2) is 48.8 Å². The standard InChI is InChI=1S/C23H23N3O4/c1-30-19-13-24-10-9-16(19)22-23(25-15-5-3-2-4-6-15)21-17(26-22)11-14(12-18(21)27)7-8-20(28)29/h2-6,9-10,13-14,25-26H,7-8,11-12H2,1H3,(H,28,29). The predicted molar refractivity (Wildman–Crippen MR) is 113 cm³/mol. The van der Waals surface area contributed by atoms with Crippen molar-refractivity contribution in [3.8, 4) is 17.0 Å². The van der Waals surface area contributed by atoms with Crippen LogP contribution in [0, 0.1) is 5.92 Å². The Balaban J connectivity index is 1.79. The van der Waals surface area contributed by atoms with E-state index in [4.69, 9.17) is 9.84 Å². The van der Waals surface area contributed by atoms with Gasteiger partial charge in [0.25, 0.3) is 0 Å². The third kappa shape index (κ3) is 3.91. The lowest BCUT2D eigenvalue weighted by atomic mass is 9.83. The van der Waals surface area contributed by atoms with Crippen LogP contribution in [0.5, 0.6) is 5.75 Å². The highest BCUT2D eigenvalue weighted by Gasteiger charge is 2.32. The first-order chi connectivity index (χ1) is 14.6. The molecule has 1 aromatic carbocycles. The van der Waals surface area contributed by atoms with E-state index in [0.717, 1.165) is 22.6 Å². The fraction of sp³-hybridized carbons (Fsp3) is 0.261. The highest BCUT2D eigenvalue weighted by Crippen LogP contribution is 2.42. The summed E-state index contributed by atoms with van der Waals surface area (Å²) in [7, 11) is 1.58. The third-order valence-corrected chi connectivity index (χ3v) is 5.41. The van der Waals surface area contributed by atoms with E-state index < -0.39 is 5.97 Å². The molecule has 0 saturated carbocycles. The number of hydrogen-bond donors (Lipinski definition) is 3. The molecular weight excluding hydrogens is 382 g/mol. The second-order valence-corrected chi connectivity index (χ2v) is 7.43. The number of methoxy groups -OCH3 is 1. The van der Waals surface area contributed by atoms with Crippen LogP contribution in [0.3, 0.4) is 0 Å². The largest absolute Gasteiger partial charge is 0.494 e. The molecule has 0 fully saturated rings. The fourth-order valence-corrected chi connectivity index (χ4v) is 4.01. The molecule has 7 heteroatoms. The summed E-state index contributed by atoms with van der Waals surface area (Å²) in [5.41, 5.74) is 4.61. The number of hydrogen-bond acceptors (Lipinski definition) is 5. The molecule has 1 aliphatic carbocycles. The normalized spacial score (nSPS) is 15.5. The van der Waals surface area contributed by atoms with Gasteiger partial charge < -0.3 is 20.1 Å². The van der Waals surface area contributed by atoms with Gasteiger partial charge >= 0.3 is 5.97 Å². The number of pyridine rings is 1. The first-order valence-electron chi connectivity index (χ1n) is 9.87. The van der Waals surface area contributed by atoms with Crippen molar-refractivity contribution in [1.29, 1.82) is 0 Å². The molecule has 7 nitrogen and oxygen atoms in total. The molecule has 0 radical (unpaired) electrons. The van der Waals surface area contributed by atoms with Gasteiger partial charge in [0.1, 0.15) is 5.75 Å². The molecule has 0 spiro atoms. The number of aliphatic carboxylic acids is 1. The molecule has 4 rings (SSSR count). The van der Waals surface area contributed by atoms with E-state index in [2.05, 4.69) is 15.3 Å².